The molecule has 0 radical (unpaired) electrons. The number of hydrogen-bond acceptors (Lipinski definition) is 2. The summed E-state index contributed by atoms with van der Waals surface area (Å²) in [6, 6.07) is 4.02. The summed E-state index contributed by atoms with van der Waals surface area (Å²) in [4.78, 5) is 0. The first-order valence-electron chi connectivity index (χ1n) is 5.44. The SMILES string of the molecule is COc1c(C)cc(C)cc1C(O)C=C(C)C. The van der Waals surface area contributed by atoms with Gasteiger partial charge in [0.1, 0.15) is 11.9 Å². The van der Waals surface area contributed by atoms with Crippen LogP contribution in [0.1, 0.15) is 36.6 Å². The third-order valence-corrected chi connectivity index (χ3v) is 2.46. The highest BCUT2D eigenvalue weighted by atomic mass is 16.5. The first-order chi connectivity index (χ1) is 7.45. The second kappa shape index (κ2) is 5.17. The fourth-order valence-corrected chi connectivity index (χ4v) is 1.89. The zero-order valence-electron chi connectivity index (χ0n) is 10.7. The first-order valence-corrected chi connectivity index (χ1v) is 5.44. The Balaban J connectivity index is 3.25. The number of aliphatic hydroxyl groups is 1. The van der Waals surface area contributed by atoms with Gasteiger partial charge in [-0.1, -0.05) is 23.3 Å². The van der Waals surface area contributed by atoms with Crippen molar-refractivity contribution in [2.45, 2.75) is 33.8 Å². The molecule has 0 aromatic heterocycles. The van der Waals surface area contributed by atoms with Gasteiger partial charge < -0.3 is 9.84 Å². The Hall–Kier alpha value is -1.28. The number of rotatable bonds is 3. The smallest absolute Gasteiger partial charge is 0.127 e. The molecule has 0 saturated carbocycles. The average molecular weight is 220 g/mol. The van der Waals surface area contributed by atoms with Crippen LogP contribution < -0.4 is 4.74 Å². The molecule has 2 nitrogen and oxygen atoms in total. The van der Waals surface area contributed by atoms with Gasteiger partial charge >= 0.3 is 0 Å². The summed E-state index contributed by atoms with van der Waals surface area (Å²) in [5, 5.41) is 10.1. The second-order valence-electron chi connectivity index (χ2n) is 4.39. The summed E-state index contributed by atoms with van der Waals surface area (Å²) in [7, 11) is 1.64. The number of aliphatic hydroxyl groups excluding tert-OH is 1. The van der Waals surface area contributed by atoms with E-state index in [9.17, 15) is 5.11 Å². The minimum atomic E-state index is -0.599. The summed E-state index contributed by atoms with van der Waals surface area (Å²) >= 11 is 0. The molecule has 0 saturated heterocycles. The van der Waals surface area contributed by atoms with E-state index in [-0.39, 0.29) is 0 Å². The molecule has 0 aliphatic heterocycles. The average Bonchev–Trinajstić information content (AvgIpc) is 2.15. The number of aryl methyl sites for hydroxylation is 2. The molecule has 0 spiro atoms. The first kappa shape index (κ1) is 12.8. The lowest BCUT2D eigenvalue weighted by atomic mass is 10.00. The van der Waals surface area contributed by atoms with E-state index in [0.717, 1.165) is 28.0 Å². The van der Waals surface area contributed by atoms with E-state index in [1.54, 1.807) is 7.11 Å². The van der Waals surface area contributed by atoms with Crippen LogP contribution in [0, 0.1) is 13.8 Å². The van der Waals surface area contributed by atoms with Crippen LogP contribution in [0.2, 0.25) is 0 Å². The topological polar surface area (TPSA) is 29.5 Å². The molecule has 16 heavy (non-hydrogen) atoms. The maximum atomic E-state index is 10.1. The van der Waals surface area contributed by atoms with Gasteiger partial charge in [0.2, 0.25) is 0 Å². The Morgan fingerprint density at radius 2 is 1.94 bits per heavy atom. The molecule has 1 N–H and O–H groups in total. The number of benzene rings is 1. The van der Waals surface area contributed by atoms with Crippen molar-refractivity contribution in [1.82, 2.24) is 0 Å². The molecule has 1 unspecified atom stereocenters. The van der Waals surface area contributed by atoms with Crippen LogP contribution in [0.25, 0.3) is 0 Å². The number of allylic oxidation sites excluding steroid dienone is 1. The van der Waals surface area contributed by atoms with Gasteiger partial charge in [-0.15, -0.1) is 0 Å². The van der Waals surface area contributed by atoms with E-state index in [0.29, 0.717) is 0 Å². The lowest BCUT2D eigenvalue weighted by Gasteiger charge is -2.15. The lowest BCUT2D eigenvalue weighted by molar-refractivity contribution is 0.221. The zero-order valence-corrected chi connectivity index (χ0v) is 10.7. The molecule has 1 aromatic rings. The summed E-state index contributed by atoms with van der Waals surface area (Å²) in [5.41, 5.74) is 4.11. The zero-order chi connectivity index (χ0) is 12.3. The standard InChI is InChI=1S/C14H20O2/c1-9(2)6-13(15)12-8-10(3)7-11(4)14(12)16-5/h6-8,13,15H,1-5H3. The fourth-order valence-electron chi connectivity index (χ4n) is 1.89. The van der Waals surface area contributed by atoms with Crippen LogP contribution in [-0.4, -0.2) is 12.2 Å². The van der Waals surface area contributed by atoms with Crippen LogP contribution >= 0.6 is 0 Å². The van der Waals surface area contributed by atoms with Crippen molar-refractivity contribution < 1.29 is 9.84 Å². The van der Waals surface area contributed by atoms with Gasteiger partial charge in [-0.25, -0.2) is 0 Å². The summed E-state index contributed by atoms with van der Waals surface area (Å²) in [6.45, 7) is 7.95. The van der Waals surface area contributed by atoms with Crippen molar-refractivity contribution in [2.24, 2.45) is 0 Å². The van der Waals surface area contributed by atoms with Gasteiger partial charge in [-0.05, 0) is 39.3 Å². The maximum absolute atomic E-state index is 10.1. The molecule has 0 aliphatic carbocycles. The fraction of sp³-hybridized carbons (Fsp3) is 0.429. The minimum absolute atomic E-state index is 0.599. The molecule has 2 heteroatoms. The van der Waals surface area contributed by atoms with Gasteiger partial charge in [-0.2, -0.15) is 0 Å². The number of methoxy groups -OCH3 is 1. The van der Waals surface area contributed by atoms with Crippen molar-refractivity contribution in [1.29, 1.82) is 0 Å². The molecule has 0 bridgehead atoms. The van der Waals surface area contributed by atoms with E-state index in [4.69, 9.17) is 4.74 Å². The van der Waals surface area contributed by atoms with Crippen molar-refractivity contribution in [3.8, 4) is 5.75 Å². The Morgan fingerprint density at radius 3 is 2.44 bits per heavy atom. The molecule has 88 valence electrons. The molecule has 0 amide bonds. The van der Waals surface area contributed by atoms with E-state index in [1.165, 1.54) is 0 Å². The molecule has 0 heterocycles. The minimum Gasteiger partial charge on any atom is -0.496 e. The van der Waals surface area contributed by atoms with E-state index < -0.39 is 6.10 Å². The Labute approximate surface area is 97.6 Å². The second-order valence-corrected chi connectivity index (χ2v) is 4.39. The van der Waals surface area contributed by atoms with Gasteiger partial charge in [0.25, 0.3) is 0 Å². The quantitative estimate of drug-likeness (QED) is 0.792. The van der Waals surface area contributed by atoms with Gasteiger partial charge in [-0.3, -0.25) is 0 Å². The molecule has 0 fully saturated rings. The normalized spacial score (nSPS) is 12.1. The Kier molecular flexibility index (Phi) is 4.13. The Bertz CT molecular complexity index is 401. The lowest BCUT2D eigenvalue weighted by Crippen LogP contribution is -2.01. The summed E-state index contributed by atoms with van der Waals surface area (Å²) < 4.78 is 5.34. The predicted molar refractivity (Wildman–Crippen MR) is 66.9 cm³/mol. The highest BCUT2D eigenvalue weighted by Gasteiger charge is 2.13. The maximum Gasteiger partial charge on any atom is 0.127 e. The van der Waals surface area contributed by atoms with Crippen LogP contribution in [-0.2, 0) is 0 Å². The summed E-state index contributed by atoms with van der Waals surface area (Å²) in [5.74, 6) is 0.774. The molecule has 0 aliphatic rings. The van der Waals surface area contributed by atoms with Crippen LogP contribution in [0.4, 0.5) is 0 Å². The molecular weight excluding hydrogens is 200 g/mol. The highest BCUT2D eigenvalue weighted by molar-refractivity contribution is 5.46. The van der Waals surface area contributed by atoms with Gasteiger partial charge in [0.05, 0.1) is 7.11 Å². The largest absolute Gasteiger partial charge is 0.496 e. The van der Waals surface area contributed by atoms with Crippen LogP contribution in [0.5, 0.6) is 5.75 Å². The van der Waals surface area contributed by atoms with Crippen molar-refractivity contribution in [2.75, 3.05) is 7.11 Å². The summed E-state index contributed by atoms with van der Waals surface area (Å²) in [6.07, 6.45) is 1.23. The van der Waals surface area contributed by atoms with E-state index in [2.05, 4.69) is 6.07 Å². The van der Waals surface area contributed by atoms with Gasteiger partial charge in [0, 0.05) is 5.56 Å². The monoisotopic (exact) mass is 220 g/mol. The Morgan fingerprint density at radius 1 is 1.31 bits per heavy atom. The molecule has 1 rings (SSSR count). The van der Waals surface area contributed by atoms with Crippen LogP contribution in [0.15, 0.2) is 23.8 Å². The van der Waals surface area contributed by atoms with E-state index >= 15 is 0 Å². The number of hydrogen-bond donors (Lipinski definition) is 1. The predicted octanol–water partition coefficient (Wildman–Crippen LogP) is 3.31. The van der Waals surface area contributed by atoms with E-state index in [1.807, 2.05) is 39.8 Å². The van der Waals surface area contributed by atoms with Gasteiger partial charge in [0.15, 0.2) is 0 Å². The third-order valence-electron chi connectivity index (χ3n) is 2.46. The van der Waals surface area contributed by atoms with Crippen molar-refractivity contribution >= 4 is 0 Å². The third kappa shape index (κ3) is 2.86. The molecule has 1 atom stereocenters. The molecule has 1 aromatic carbocycles. The number of ether oxygens (including phenoxy) is 1. The van der Waals surface area contributed by atoms with Crippen molar-refractivity contribution in [3.05, 3.63) is 40.5 Å². The van der Waals surface area contributed by atoms with Crippen molar-refractivity contribution in [3.63, 3.8) is 0 Å². The highest BCUT2D eigenvalue weighted by Crippen LogP contribution is 2.31. The molecular formula is C14H20O2. The van der Waals surface area contributed by atoms with Crippen LogP contribution in [0.3, 0.4) is 0 Å².